The zero-order chi connectivity index (χ0) is 39.9. The van der Waals surface area contributed by atoms with E-state index in [1.165, 1.54) is 4.90 Å². The zero-order valence-corrected chi connectivity index (χ0v) is 33.1. The molecule has 6 atom stereocenters. The molecule has 4 aliphatic rings. The van der Waals surface area contributed by atoms with Crippen LogP contribution in [0.25, 0.3) is 0 Å². The minimum Gasteiger partial charge on any atom is -0.444 e. The summed E-state index contributed by atoms with van der Waals surface area (Å²) in [4.78, 5) is 97.9. The maximum Gasteiger partial charge on any atom is 0.408 e. The van der Waals surface area contributed by atoms with Crippen molar-refractivity contribution >= 4 is 41.4 Å². The molecule has 5 rings (SSSR count). The van der Waals surface area contributed by atoms with E-state index in [-0.39, 0.29) is 41.9 Å². The number of nitrogens with zero attached hydrogens (tertiary/aromatic N) is 2. The average molecular weight is 765 g/mol. The number of amides is 6. The average Bonchev–Trinajstić information content (AvgIpc) is 3.74. The van der Waals surface area contributed by atoms with Crippen molar-refractivity contribution in [2.45, 2.75) is 128 Å². The summed E-state index contributed by atoms with van der Waals surface area (Å²) in [6.45, 7) is 5.10. The smallest absolute Gasteiger partial charge is 0.408 e. The maximum absolute atomic E-state index is 14.5. The number of hydrogen-bond acceptors (Lipinski definition) is 8. The lowest BCUT2D eigenvalue weighted by Gasteiger charge is -2.36. The molecular weight excluding hydrogens is 704 g/mol. The Bertz CT molecular complexity index is 1570. The second kappa shape index (κ2) is 18.4. The lowest BCUT2D eigenvalue weighted by Crippen LogP contribution is -2.59. The molecule has 1 aromatic carbocycles. The predicted molar refractivity (Wildman–Crippen MR) is 204 cm³/mol. The third-order valence-electron chi connectivity index (χ3n) is 11.7. The van der Waals surface area contributed by atoms with Gasteiger partial charge in [0.2, 0.25) is 29.4 Å². The normalized spacial score (nSPS) is 22.9. The summed E-state index contributed by atoms with van der Waals surface area (Å²) in [6, 6.07) is 4.85. The second-order valence-electron chi connectivity index (χ2n) is 17.1. The van der Waals surface area contributed by atoms with Crippen LogP contribution < -0.4 is 21.3 Å². The largest absolute Gasteiger partial charge is 0.444 e. The fraction of sp³-hybridized carbons (Fsp3) is 0.683. The molecule has 1 heterocycles. The highest BCUT2D eigenvalue weighted by atomic mass is 16.6. The Morgan fingerprint density at radius 3 is 2.13 bits per heavy atom. The zero-order valence-electron chi connectivity index (χ0n) is 33.1. The Morgan fingerprint density at radius 1 is 0.836 bits per heavy atom. The molecule has 302 valence electrons. The molecule has 55 heavy (non-hydrogen) atoms. The van der Waals surface area contributed by atoms with Gasteiger partial charge in [-0.15, -0.1) is 0 Å². The summed E-state index contributed by atoms with van der Waals surface area (Å²) < 4.78 is 5.55. The van der Waals surface area contributed by atoms with Crippen molar-refractivity contribution in [2.75, 3.05) is 27.2 Å². The molecule has 0 aromatic heterocycles. The Hall–Kier alpha value is -4.49. The molecule has 4 N–H and O–H groups in total. The van der Waals surface area contributed by atoms with Crippen LogP contribution in [0, 0.1) is 23.7 Å². The molecule has 6 amide bonds. The van der Waals surface area contributed by atoms with Crippen molar-refractivity contribution in [3.05, 3.63) is 35.9 Å². The van der Waals surface area contributed by atoms with E-state index in [4.69, 9.17) is 4.74 Å². The van der Waals surface area contributed by atoms with Crippen molar-refractivity contribution in [1.82, 2.24) is 31.1 Å². The fourth-order valence-electron chi connectivity index (χ4n) is 8.69. The fourth-order valence-corrected chi connectivity index (χ4v) is 8.69. The van der Waals surface area contributed by atoms with Gasteiger partial charge in [-0.3, -0.25) is 28.8 Å². The van der Waals surface area contributed by atoms with Crippen LogP contribution in [0.4, 0.5) is 4.79 Å². The third kappa shape index (κ3) is 10.8. The van der Waals surface area contributed by atoms with Gasteiger partial charge in [0.25, 0.3) is 5.91 Å². The number of carbonyl (C=O) groups excluding carboxylic acids is 7. The number of benzene rings is 1. The van der Waals surface area contributed by atoms with Gasteiger partial charge >= 0.3 is 6.09 Å². The van der Waals surface area contributed by atoms with E-state index in [1.807, 2.05) is 0 Å². The van der Waals surface area contributed by atoms with Gasteiger partial charge in [0, 0.05) is 20.6 Å². The van der Waals surface area contributed by atoms with Crippen LogP contribution in [0.5, 0.6) is 0 Å². The van der Waals surface area contributed by atoms with Crippen LogP contribution in [-0.4, -0.2) is 102 Å². The number of fused-ring (bicyclic) bond motifs is 1. The second-order valence-corrected chi connectivity index (χ2v) is 17.1. The molecule has 1 saturated heterocycles. The topological polar surface area (TPSA) is 183 Å². The summed E-state index contributed by atoms with van der Waals surface area (Å²) >= 11 is 0. The molecule has 0 radical (unpaired) electrons. The number of nitrogens with one attached hydrogen (secondary N) is 4. The first-order chi connectivity index (χ1) is 26.1. The van der Waals surface area contributed by atoms with Gasteiger partial charge in [-0.25, -0.2) is 4.79 Å². The maximum atomic E-state index is 14.5. The molecule has 1 unspecified atom stereocenters. The molecule has 1 aliphatic heterocycles. The van der Waals surface area contributed by atoms with Crippen LogP contribution in [0.15, 0.2) is 30.3 Å². The first kappa shape index (κ1) is 41.7. The van der Waals surface area contributed by atoms with Crippen molar-refractivity contribution in [2.24, 2.45) is 23.7 Å². The molecule has 14 nitrogen and oxygen atoms in total. The lowest BCUT2D eigenvalue weighted by molar-refractivity contribution is -0.144. The highest BCUT2D eigenvalue weighted by Gasteiger charge is 2.52. The monoisotopic (exact) mass is 764 g/mol. The predicted octanol–water partition coefficient (Wildman–Crippen LogP) is 3.39. The van der Waals surface area contributed by atoms with Crippen molar-refractivity contribution < 1.29 is 38.3 Å². The van der Waals surface area contributed by atoms with Crippen LogP contribution in [0.1, 0.15) is 109 Å². The van der Waals surface area contributed by atoms with Gasteiger partial charge in [-0.05, 0) is 82.1 Å². The lowest BCUT2D eigenvalue weighted by atomic mass is 9.80. The minimum absolute atomic E-state index is 0.101. The number of ether oxygens (including phenoxy) is 1. The van der Waals surface area contributed by atoms with Crippen molar-refractivity contribution in [1.29, 1.82) is 0 Å². The van der Waals surface area contributed by atoms with Gasteiger partial charge in [-0.1, -0.05) is 75.3 Å². The van der Waals surface area contributed by atoms with E-state index in [2.05, 4.69) is 21.3 Å². The number of rotatable bonds is 14. The standard InChI is InChI=1S/C41H60N6O8/c1-41(2,3)55-40(54)45-33(27-18-10-7-11-19-27)39(53)47-24-28-20-13-21-29(28)34(47)36(50)43-30(22-25-14-12-15-25)35(49)37(51)42-23-31(48)44-32(38(52)46(4)5)26-16-8-6-9-17-26/h6,8-9,16-17,25,27-30,32-34H,7,10-15,18-24H2,1-5H3,(H,42,51)(H,43,50)(H,44,48)(H,45,54)/t28-,29-,30?,32-,33-,34-/m0/s1. The Morgan fingerprint density at radius 2 is 1.51 bits per heavy atom. The number of Topliss-reactive ketones (excluding diaryl/α,β-unsaturated/α-hetero) is 1. The van der Waals surface area contributed by atoms with E-state index in [9.17, 15) is 33.6 Å². The summed E-state index contributed by atoms with van der Waals surface area (Å²) in [7, 11) is 3.15. The first-order valence-electron chi connectivity index (χ1n) is 20.1. The van der Waals surface area contributed by atoms with Crippen LogP contribution in [0.2, 0.25) is 0 Å². The molecule has 4 fully saturated rings. The Balaban J connectivity index is 1.29. The molecular formula is C41H60N6O8. The number of likely N-dealkylation sites (N-methyl/N-ethyl adjacent to an activating group) is 1. The number of alkyl carbamates (subject to hydrolysis) is 1. The molecule has 0 bridgehead atoms. The minimum atomic E-state index is -1.15. The summed E-state index contributed by atoms with van der Waals surface area (Å²) in [5, 5.41) is 10.8. The SMILES string of the molecule is CN(C)C(=O)[C@@H](NC(=O)CNC(=O)C(=O)C(CC1CCC1)NC(=O)[C@@H]1[C@H]2CCC[C@H]2CN1C(=O)[C@@H](NC(=O)OC(C)(C)C)C1CCCCC1)c1ccccc1. The summed E-state index contributed by atoms with van der Waals surface area (Å²) in [6.07, 6.45) is 9.31. The van der Waals surface area contributed by atoms with E-state index < -0.39 is 65.9 Å². The Labute approximate surface area is 324 Å². The van der Waals surface area contributed by atoms with E-state index >= 15 is 0 Å². The van der Waals surface area contributed by atoms with Crippen LogP contribution in [-0.2, 0) is 33.5 Å². The Kier molecular flexibility index (Phi) is 14.0. The van der Waals surface area contributed by atoms with Crippen molar-refractivity contribution in [3.63, 3.8) is 0 Å². The van der Waals surface area contributed by atoms with E-state index in [0.29, 0.717) is 12.1 Å². The molecule has 1 aromatic rings. The van der Waals surface area contributed by atoms with Gasteiger partial charge in [0.15, 0.2) is 0 Å². The molecule has 0 spiro atoms. The molecule has 3 aliphatic carbocycles. The van der Waals surface area contributed by atoms with Crippen molar-refractivity contribution in [3.8, 4) is 0 Å². The highest BCUT2D eigenvalue weighted by molar-refractivity contribution is 6.38. The van der Waals surface area contributed by atoms with Gasteiger partial charge in [-0.2, -0.15) is 0 Å². The summed E-state index contributed by atoms with van der Waals surface area (Å²) in [5.74, 6) is -3.69. The molecule has 14 heteroatoms. The quantitative estimate of drug-likeness (QED) is 0.208. The van der Waals surface area contributed by atoms with E-state index in [1.54, 1.807) is 70.1 Å². The van der Waals surface area contributed by atoms with Crippen LogP contribution in [0.3, 0.4) is 0 Å². The number of carbonyl (C=O) groups is 7. The molecule has 3 saturated carbocycles. The van der Waals surface area contributed by atoms with E-state index in [0.717, 1.165) is 70.6 Å². The first-order valence-corrected chi connectivity index (χ1v) is 20.1. The third-order valence-corrected chi connectivity index (χ3v) is 11.7. The van der Waals surface area contributed by atoms with Gasteiger partial charge in [0.1, 0.15) is 23.7 Å². The van der Waals surface area contributed by atoms with Gasteiger partial charge < -0.3 is 35.8 Å². The van der Waals surface area contributed by atoms with Gasteiger partial charge in [0.05, 0.1) is 12.6 Å². The highest BCUT2D eigenvalue weighted by Crippen LogP contribution is 2.43. The van der Waals surface area contributed by atoms with Crippen LogP contribution >= 0.6 is 0 Å². The number of likely N-dealkylation sites (tertiary alicyclic amines) is 1. The number of hydrogen-bond donors (Lipinski definition) is 4. The summed E-state index contributed by atoms with van der Waals surface area (Å²) in [5.41, 5.74) is -0.194. The number of ketones is 1.